The van der Waals surface area contributed by atoms with Crippen molar-refractivity contribution < 1.29 is 35.8 Å². The van der Waals surface area contributed by atoms with Crippen molar-refractivity contribution in [3.8, 4) is 0 Å². The van der Waals surface area contributed by atoms with Gasteiger partial charge < -0.3 is 9.47 Å². The van der Waals surface area contributed by atoms with Crippen LogP contribution < -0.4 is 0 Å². The van der Waals surface area contributed by atoms with E-state index in [0.717, 1.165) is 19.3 Å². The van der Waals surface area contributed by atoms with Crippen LogP contribution >= 0.6 is 0 Å². The molecule has 1 saturated heterocycles. The number of rotatable bonds is 4. The predicted octanol–water partition coefficient (Wildman–Crippen LogP) is 6.10. The van der Waals surface area contributed by atoms with Crippen LogP contribution in [0.3, 0.4) is 0 Å². The van der Waals surface area contributed by atoms with Crippen LogP contribution in [0.2, 0.25) is 0 Å². The van der Waals surface area contributed by atoms with Gasteiger partial charge in [-0.1, -0.05) is 0 Å². The van der Waals surface area contributed by atoms with E-state index in [-0.39, 0.29) is 18.9 Å². The van der Waals surface area contributed by atoms with Gasteiger partial charge in [0.15, 0.2) is 6.29 Å². The van der Waals surface area contributed by atoms with Crippen molar-refractivity contribution in [2.75, 3.05) is 6.61 Å². The molecule has 0 radical (unpaired) electrons. The third-order valence-electron chi connectivity index (χ3n) is 8.81. The summed E-state index contributed by atoms with van der Waals surface area (Å²) in [7, 11) is 0. The van der Waals surface area contributed by atoms with Gasteiger partial charge in [0.25, 0.3) is 5.60 Å². The standard InChI is InChI=1S/C21H28F6O2/c22-20(23,24)19(21(25,26)27,29-16-3-1-2-6-28-16)10-14-8-13-9-15(14)18-12-5-4-11(7-12)17(13)18/h11-18H,1-10H2/t11?,12?,13?,14?,15?,16?,17?,18-/m1/s1. The van der Waals surface area contributed by atoms with Gasteiger partial charge in [0, 0.05) is 6.61 Å². The number of alkyl halides is 6. The van der Waals surface area contributed by atoms with Gasteiger partial charge in [0.1, 0.15) is 0 Å². The third kappa shape index (κ3) is 3.06. The van der Waals surface area contributed by atoms with Crippen LogP contribution in [0.25, 0.3) is 0 Å². The Labute approximate surface area is 166 Å². The van der Waals surface area contributed by atoms with Gasteiger partial charge in [-0.2, -0.15) is 26.3 Å². The second kappa shape index (κ2) is 6.75. The molecular formula is C21H28F6O2. The summed E-state index contributed by atoms with van der Waals surface area (Å²) in [5, 5.41) is 0. The van der Waals surface area contributed by atoms with Gasteiger partial charge in [-0.25, -0.2) is 0 Å². The van der Waals surface area contributed by atoms with Gasteiger partial charge in [-0.15, -0.1) is 0 Å². The van der Waals surface area contributed by atoms with Crippen molar-refractivity contribution in [1.29, 1.82) is 0 Å². The van der Waals surface area contributed by atoms with Gasteiger partial charge in [-0.05, 0) is 99.2 Å². The molecule has 0 aromatic carbocycles. The predicted molar refractivity (Wildman–Crippen MR) is 91.6 cm³/mol. The Bertz CT molecular complexity index is 612. The van der Waals surface area contributed by atoms with Gasteiger partial charge in [-0.3, -0.25) is 0 Å². The van der Waals surface area contributed by atoms with Crippen molar-refractivity contribution >= 4 is 0 Å². The van der Waals surface area contributed by atoms with Crippen molar-refractivity contribution in [1.82, 2.24) is 0 Å². The Morgan fingerprint density at radius 2 is 1.45 bits per heavy atom. The van der Waals surface area contributed by atoms with Crippen LogP contribution in [0.5, 0.6) is 0 Å². The van der Waals surface area contributed by atoms with Crippen molar-refractivity contribution in [2.45, 2.75) is 82.0 Å². The maximum absolute atomic E-state index is 14.0. The first-order valence-corrected chi connectivity index (χ1v) is 11.0. The zero-order valence-corrected chi connectivity index (χ0v) is 16.3. The van der Waals surface area contributed by atoms with Crippen molar-refractivity contribution in [3.63, 3.8) is 0 Å². The molecule has 5 rings (SSSR count). The molecule has 0 N–H and O–H groups in total. The van der Waals surface area contributed by atoms with E-state index in [1.54, 1.807) is 0 Å². The van der Waals surface area contributed by atoms with Crippen molar-refractivity contribution in [2.24, 2.45) is 41.4 Å². The highest BCUT2D eigenvalue weighted by Crippen LogP contribution is 2.70. The summed E-state index contributed by atoms with van der Waals surface area (Å²) in [6, 6.07) is 0. The molecule has 0 aromatic heterocycles. The SMILES string of the molecule is FC(F)(F)C(CC1CC2CC1[C@H]1C3CCC(C3)C21)(OC1CCCCO1)C(F)(F)F. The summed E-state index contributed by atoms with van der Waals surface area (Å²) in [5.74, 6) is 1.76. The molecular weight excluding hydrogens is 398 g/mol. The first kappa shape index (κ1) is 20.4. The van der Waals surface area contributed by atoms with Gasteiger partial charge in [0.2, 0.25) is 0 Å². The smallest absolute Gasteiger partial charge is 0.353 e. The molecule has 2 nitrogen and oxygen atoms in total. The summed E-state index contributed by atoms with van der Waals surface area (Å²) in [6.45, 7) is 0.136. The number of hydrogen-bond acceptors (Lipinski definition) is 2. The van der Waals surface area contributed by atoms with E-state index < -0.39 is 36.6 Å². The second-order valence-corrected chi connectivity index (χ2v) is 10.1. The minimum atomic E-state index is -5.53. The molecule has 5 aliphatic rings. The van der Waals surface area contributed by atoms with Gasteiger partial charge in [0.05, 0.1) is 0 Å². The van der Waals surface area contributed by atoms with Crippen LogP contribution in [-0.4, -0.2) is 30.9 Å². The quantitative estimate of drug-likeness (QED) is 0.399. The third-order valence-corrected chi connectivity index (χ3v) is 8.81. The highest BCUT2D eigenvalue weighted by atomic mass is 19.4. The molecule has 4 bridgehead atoms. The fourth-order valence-electron chi connectivity index (χ4n) is 7.91. The Morgan fingerprint density at radius 1 is 0.759 bits per heavy atom. The first-order chi connectivity index (χ1) is 13.6. The van der Waals surface area contributed by atoms with Crippen molar-refractivity contribution in [3.05, 3.63) is 0 Å². The molecule has 29 heavy (non-hydrogen) atoms. The molecule has 0 aromatic rings. The largest absolute Gasteiger partial charge is 0.426 e. The molecule has 4 aliphatic carbocycles. The average molecular weight is 426 g/mol. The normalized spacial score (nSPS) is 44.5. The molecule has 5 fully saturated rings. The zero-order chi connectivity index (χ0) is 20.6. The number of hydrogen-bond donors (Lipinski definition) is 0. The molecule has 8 heteroatoms. The molecule has 0 spiro atoms. The number of fused-ring (bicyclic) bond motifs is 9. The minimum Gasteiger partial charge on any atom is -0.353 e. The van der Waals surface area contributed by atoms with E-state index >= 15 is 0 Å². The zero-order valence-electron chi connectivity index (χ0n) is 16.3. The molecule has 7 unspecified atom stereocenters. The first-order valence-electron chi connectivity index (χ1n) is 11.0. The lowest BCUT2D eigenvalue weighted by Gasteiger charge is -2.45. The van der Waals surface area contributed by atoms with E-state index in [1.807, 2.05) is 0 Å². The monoisotopic (exact) mass is 426 g/mol. The fourth-order valence-corrected chi connectivity index (χ4v) is 7.91. The Balaban J connectivity index is 1.41. The lowest BCUT2D eigenvalue weighted by Crippen LogP contribution is -2.62. The summed E-state index contributed by atoms with van der Waals surface area (Å²) >= 11 is 0. The van der Waals surface area contributed by atoms with Gasteiger partial charge >= 0.3 is 12.4 Å². The lowest BCUT2D eigenvalue weighted by atomic mass is 9.65. The van der Waals surface area contributed by atoms with Crippen LogP contribution in [-0.2, 0) is 9.47 Å². The Hall–Kier alpha value is -0.500. The van der Waals surface area contributed by atoms with E-state index in [1.165, 1.54) is 6.42 Å². The maximum Gasteiger partial charge on any atom is 0.426 e. The Kier molecular flexibility index (Phi) is 4.75. The van der Waals surface area contributed by atoms with E-state index in [0.29, 0.717) is 48.9 Å². The molecule has 8 atom stereocenters. The summed E-state index contributed by atoms with van der Waals surface area (Å²) in [5.41, 5.74) is -4.13. The maximum atomic E-state index is 14.0. The van der Waals surface area contributed by atoms with Crippen LogP contribution in [0.15, 0.2) is 0 Å². The van der Waals surface area contributed by atoms with E-state index in [2.05, 4.69) is 0 Å². The van der Waals surface area contributed by atoms with Crippen LogP contribution in [0.1, 0.15) is 57.8 Å². The summed E-state index contributed by atoms with van der Waals surface area (Å²) in [6.07, 6.45) is -7.60. The summed E-state index contributed by atoms with van der Waals surface area (Å²) in [4.78, 5) is 0. The number of ether oxygens (including phenoxy) is 2. The molecule has 1 heterocycles. The number of halogens is 6. The topological polar surface area (TPSA) is 18.5 Å². The van der Waals surface area contributed by atoms with Crippen LogP contribution in [0.4, 0.5) is 26.3 Å². The lowest BCUT2D eigenvalue weighted by molar-refractivity contribution is -0.416. The fraction of sp³-hybridized carbons (Fsp3) is 1.00. The van der Waals surface area contributed by atoms with E-state index in [9.17, 15) is 26.3 Å². The van der Waals surface area contributed by atoms with Crippen LogP contribution in [0, 0.1) is 41.4 Å². The molecule has 0 amide bonds. The second-order valence-electron chi connectivity index (χ2n) is 10.1. The summed E-state index contributed by atoms with van der Waals surface area (Å²) < 4.78 is 94.3. The molecule has 166 valence electrons. The Morgan fingerprint density at radius 3 is 2.07 bits per heavy atom. The minimum absolute atomic E-state index is 0.0137. The van der Waals surface area contributed by atoms with E-state index in [4.69, 9.17) is 9.47 Å². The highest BCUT2D eigenvalue weighted by Gasteiger charge is 2.75. The molecule has 1 aliphatic heterocycles. The molecule has 4 saturated carbocycles. The highest BCUT2D eigenvalue weighted by molar-refractivity contribution is 5.12. The average Bonchev–Trinajstić information content (AvgIpc) is 3.39.